The van der Waals surface area contributed by atoms with E-state index in [1.807, 2.05) is 0 Å². The third-order valence-electron chi connectivity index (χ3n) is 6.10. The summed E-state index contributed by atoms with van der Waals surface area (Å²) in [6, 6.07) is 12.5. The normalized spacial score (nSPS) is 11.4. The van der Waals surface area contributed by atoms with Crippen LogP contribution in [0.4, 0.5) is 5.82 Å². The van der Waals surface area contributed by atoms with Gasteiger partial charge >= 0.3 is 5.97 Å². The summed E-state index contributed by atoms with van der Waals surface area (Å²) in [7, 11) is -1.49. The van der Waals surface area contributed by atoms with Gasteiger partial charge in [-0.15, -0.1) is 0 Å². The first-order chi connectivity index (χ1) is 20.8. The number of para-hydroxylation sites is 2. The number of hydrogen-bond donors (Lipinski definition) is 1. The molecule has 3 aromatic heterocycles. The van der Waals surface area contributed by atoms with Crippen molar-refractivity contribution in [1.29, 1.82) is 0 Å². The van der Waals surface area contributed by atoms with Crippen LogP contribution in [0.3, 0.4) is 0 Å². The molecule has 0 saturated carbocycles. The van der Waals surface area contributed by atoms with Crippen LogP contribution in [0, 0.1) is 12.3 Å². The number of nitrogens with one attached hydrogen (secondary N) is 1. The molecule has 44 heavy (non-hydrogen) atoms. The first-order valence-electron chi connectivity index (χ1n) is 13.2. The lowest BCUT2D eigenvalue weighted by atomic mass is 9.91. The van der Waals surface area contributed by atoms with E-state index >= 15 is 0 Å². The van der Waals surface area contributed by atoms with Gasteiger partial charge in [-0.1, -0.05) is 39.0 Å². The summed E-state index contributed by atoms with van der Waals surface area (Å²) in [6.45, 7) is 6.50. The van der Waals surface area contributed by atoms with Crippen molar-refractivity contribution in [3.05, 3.63) is 72.2 Å². The van der Waals surface area contributed by atoms with E-state index < -0.39 is 28.0 Å². The molecule has 0 amide bonds. The molecule has 1 aromatic carbocycles. The van der Waals surface area contributed by atoms with Gasteiger partial charge in [0.1, 0.15) is 5.69 Å². The van der Waals surface area contributed by atoms with E-state index in [-0.39, 0.29) is 51.1 Å². The number of hydrogen-bond acceptors (Lipinski definition) is 12. The summed E-state index contributed by atoms with van der Waals surface area (Å²) >= 11 is 0. The Hall–Kier alpha value is -5.11. The highest BCUT2D eigenvalue weighted by Crippen LogP contribution is 2.41. The van der Waals surface area contributed by atoms with E-state index in [2.05, 4.69) is 24.7 Å². The lowest BCUT2D eigenvalue weighted by Crippen LogP contribution is -2.26. The standard InChI is InChI=1S/C30H31N5O8S/c1-18-11-12-24(32-16-18)44(38,39)35-27-25(43-22-10-8-7-9-21(22)40-5)28(41-6)34-26(33-27)19-13-14-31-20(15-19)29(37)42-17-23(36)30(2,3)4/h7-16H,17H2,1-6H3,(H,33,34,35). The SMILES string of the molecule is COc1ccccc1Oc1c(NS(=O)(=O)c2ccc(C)cn2)nc(-c2ccnc(C(=O)OCC(=O)C(C)(C)C)c2)nc1OC. The summed E-state index contributed by atoms with van der Waals surface area (Å²) in [5.41, 5.74) is 0.230. The number of aryl methyl sites for hydroxylation is 1. The van der Waals surface area contributed by atoms with Crippen molar-refractivity contribution < 1.29 is 37.0 Å². The van der Waals surface area contributed by atoms with Crippen molar-refractivity contribution in [3.63, 3.8) is 0 Å². The zero-order chi connectivity index (χ0) is 32.1. The highest BCUT2D eigenvalue weighted by atomic mass is 32.2. The molecule has 0 spiro atoms. The quantitative estimate of drug-likeness (QED) is 0.231. The maximum absolute atomic E-state index is 13.4. The fourth-order valence-electron chi connectivity index (χ4n) is 3.57. The molecular formula is C30H31N5O8S. The molecule has 3 heterocycles. The Labute approximate surface area is 254 Å². The minimum atomic E-state index is -4.27. The van der Waals surface area contributed by atoms with Crippen LogP contribution < -0.4 is 18.9 Å². The van der Waals surface area contributed by atoms with Crippen molar-refractivity contribution in [2.45, 2.75) is 32.7 Å². The van der Waals surface area contributed by atoms with Gasteiger partial charge in [-0.3, -0.25) is 9.52 Å². The van der Waals surface area contributed by atoms with Gasteiger partial charge < -0.3 is 18.9 Å². The first kappa shape index (κ1) is 31.8. The number of carbonyl (C=O) groups excluding carboxylic acids is 2. The van der Waals surface area contributed by atoms with E-state index in [9.17, 15) is 18.0 Å². The minimum Gasteiger partial charge on any atom is -0.493 e. The number of aromatic nitrogens is 4. The fourth-order valence-corrected chi connectivity index (χ4v) is 4.50. The van der Waals surface area contributed by atoms with Crippen molar-refractivity contribution in [3.8, 4) is 34.5 Å². The topological polar surface area (TPSA) is 169 Å². The number of ether oxygens (including phenoxy) is 4. The van der Waals surface area contributed by atoms with Gasteiger partial charge in [0, 0.05) is 23.4 Å². The van der Waals surface area contributed by atoms with Crippen LogP contribution in [-0.4, -0.2) is 60.9 Å². The van der Waals surface area contributed by atoms with Crippen LogP contribution in [-0.2, 0) is 19.6 Å². The molecule has 1 N–H and O–H groups in total. The van der Waals surface area contributed by atoms with Crippen molar-refractivity contribution in [2.24, 2.45) is 5.41 Å². The molecule has 0 aliphatic carbocycles. The average Bonchev–Trinajstić information content (AvgIpc) is 3.00. The number of benzene rings is 1. The van der Waals surface area contributed by atoms with Gasteiger partial charge in [0.05, 0.1) is 14.2 Å². The van der Waals surface area contributed by atoms with Gasteiger partial charge in [0.25, 0.3) is 15.9 Å². The number of methoxy groups -OCH3 is 2. The molecule has 0 fully saturated rings. The first-order valence-corrected chi connectivity index (χ1v) is 14.7. The molecule has 4 aromatic rings. The van der Waals surface area contributed by atoms with Crippen LogP contribution in [0.15, 0.2) is 66.0 Å². The molecular weight excluding hydrogens is 590 g/mol. The Balaban J connectivity index is 1.78. The monoisotopic (exact) mass is 621 g/mol. The number of sulfonamides is 1. The molecule has 0 atom stereocenters. The lowest BCUT2D eigenvalue weighted by Gasteiger charge is -2.17. The zero-order valence-corrected chi connectivity index (χ0v) is 25.8. The van der Waals surface area contributed by atoms with E-state index in [4.69, 9.17) is 18.9 Å². The van der Waals surface area contributed by atoms with E-state index in [1.165, 1.54) is 44.8 Å². The molecule has 0 unspecified atom stereocenters. The number of ketones is 1. The Kier molecular flexibility index (Phi) is 9.43. The second-order valence-electron chi connectivity index (χ2n) is 10.4. The number of Topliss-reactive ketones (excluding diaryl/α,β-unsaturated/α-hetero) is 1. The molecule has 0 radical (unpaired) electrons. The fraction of sp³-hybridized carbons (Fsp3) is 0.267. The number of carbonyl (C=O) groups is 2. The second-order valence-corrected chi connectivity index (χ2v) is 12.1. The van der Waals surface area contributed by atoms with Crippen LogP contribution in [0.5, 0.6) is 23.1 Å². The molecule has 230 valence electrons. The minimum absolute atomic E-state index is 0.0361. The maximum Gasteiger partial charge on any atom is 0.357 e. The van der Waals surface area contributed by atoms with Crippen molar-refractivity contribution in [2.75, 3.05) is 25.5 Å². The Morgan fingerprint density at radius 3 is 2.30 bits per heavy atom. The average molecular weight is 622 g/mol. The highest BCUT2D eigenvalue weighted by molar-refractivity contribution is 7.92. The molecule has 0 aliphatic heterocycles. The summed E-state index contributed by atoms with van der Waals surface area (Å²) in [5.74, 6) is -1.12. The van der Waals surface area contributed by atoms with Crippen molar-refractivity contribution in [1.82, 2.24) is 19.9 Å². The largest absolute Gasteiger partial charge is 0.493 e. The number of pyridine rings is 2. The Bertz CT molecular complexity index is 1790. The number of anilines is 1. The molecule has 0 aliphatic rings. The van der Waals surface area contributed by atoms with Crippen LogP contribution >= 0.6 is 0 Å². The van der Waals surface area contributed by atoms with Gasteiger partial charge in [-0.05, 0) is 42.8 Å². The Morgan fingerprint density at radius 1 is 0.932 bits per heavy atom. The van der Waals surface area contributed by atoms with Gasteiger partial charge in [0.2, 0.25) is 5.75 Å². The molecule has 13 nitrogen and oxygen atoms in total. The van der Waals surface area contributed by atoms with Crippen molar-refractivity contribution >= 4 is 27.6 Å². The van der Waals surface area contributed by atoms with Gasteiger partial charge in [-0.25, -0.2) is 19.7 Å². The van der Waals surface area contributed by atoms with Crippen LogP contribution in [0.2, 0.25) is 0 Å². The highest BCUT2D eigenvalue weighted by Gasteiger charge is 2.27. The number of esters is 1. The second kappa shape index (κ2) is 13.0. The molecule has 14 heteroatoms. The number of nitrogens with zero attached hydrogens (tertiary/aromatic N) is 4. The van der Waals surface area contributed by atoms with Crippen LogP contribution in [0.1, 0.15) is 36.8 Å². The summed E-state index contributed by atoms with van der Waals surface area (Å²) in [5, 5.41) is -0.260. The summed E-state index contributed by atoms with van der Waals surface area (Å²) in [4.78, 5) is 41.8. The maximum atomic E-state index is 13.4. The van der Waals surface area contributed by atoms with Gasteiger partial charge in [-0.2, -0.15) is 13.4 Å². The van der Waals surface area contributed by atoms with Crippen LogP contribution in [0.25, 0.3) is 11.4 Å². The van der Waals surface area contributed by atoms with E-state index in [1.54, 1.807) is 58.0 Å². The van der Waals surface area contributed by atoms with E-state index in [0.717, 1.165) is 5.56 Å². The lowest BCUT2D eigenvalue weighted by molar-refractivity contribution is -0.129. The molecule has 4 rings (SSSR count). The predicted molar refractivity (Wildman–Crippen MR) is 159 cm³/mol. The van der Waals surface area contributed by atoms with Gasteiger partial charge in [0.15, 0.2) is 40.6 Å². The smallest absolute Gasteiger partial charge is 0.357 e. The summed E-state index contributed by atoms with van der Waals surface area (Å²) in [6.07, 6.45) is 2.74. The summed E-state index contributed by atoms with van der Waals surface area (Å²) < 4.78 is 51.2. The molecule has 0 bridgehead atoms. The predicted octanol–water partition coefficient (Wildman–Crippen LogP) is 4.62. The zero-order valence-electron chi connectivity index (χ0n) is 24.9. The molecule has 0 saturated heterocycles. The number of rotatable bonds is 11. The van der Waals surface area contributed by atoms with E-state index in [0.29, 0.717) is 5.75 Å². The third-order valence-corrected chi connectivity index (χ3v) is 7.35. The third kappa shape index (κ3) is 7.45. The Morgan fingerprint density at radius 2 is 1.66 bits per heavy atom.